The van der Waals surface area contributed by atoms with Gasteiger partial charge in [0.05, 0.1) is 12.5 Å². The van der Waals surface area contributed by atoms with E-state index < -0.39 is 0 Å². The summed E-state index contributed by atoms with van der Waals surface area (Å²) >= 11 is 0. The van der Waals surface area contributed by atoms with Crippen molar-refractivity contribution in [1.82, 2.24) is 15.5 Å². The van der Waals surface area contributed by atoms with Crippen molar-refractivity contribution in [1.29, 1.82) is 0 Å². The Morgan fingerprint density at radius 2 is 2.50 bits per heavy atom. The standard InChI is InChI=1S/C9H13N3O2/c13-6-4-8-11-9(14-12-8)7-3-1-2-5-10-7/h6-7,10H,1-5H2. The van der Waals surface area contributed by atoms with Gasteiger partial charge in [-0.15, -0.1) is 0 Å². The molecule has 1 N–H and O–H groups in total. The zero-order valence-corrected chi connectivity index (χ0v) is 7.90. The monoisotopic (exact) mass is 195 g/mol. The molecule has 0 radical (unpaired) electrons. The molecule has 0 bridgehead atoms. The summed E-state index contributed by atoms with van der Waals surface area (Å²) in [5.74, 6) is 1.09. The maximum Gasteiger partial charge on any atom is 0.243 e. The first-order valence-corrected chi connectivity index (χ1v) is 4.89. The predicted octanol–water partition coefficient (Wildman–Crippen LogP) is 0.626. The number of hydrogen-bond acceptors (Lipinski definition) is 5. The zero-order valence-electron chi connectivity index (χ0n) is 7.90. The number of carbonyl (C=O) groups excluding carboxylic acids is 1. The number of nitrogens with one attached hydrogen (secondary N) is 1. The Labute approximate surface area is 81.9 Å². The van der Waals surface area contributed by atoms with Crippen molar-refractivity contribution in [2.45, 2.75) is 31.7 Å². The van der Waals surface area contributed by atoms with E-state index in [9.17, 15) is 4.79 Å². The first-order chi connectivity index (χ1) is 6.90. The van der Waals surface area contributed by atoms with Gasteiger partial charge in [-0.1, -0.05) is 11.6 Å². The van der Waals surface area contributed by atoms with Crippen LogP contribution in [0.25, 0.3) is 0 Å². The summed E-state index contributed by atoms with van der Waals surface area (Å²) in [4.78, 5) is 14.4. The molecule has 2 heterocycles. The summed E-state index contributed by atoms with van der Waals surface area (Å²) in [6.07, 6.45) is 4.43. The van der Waals surface area contributed by atoms with Crippen molar-refractivity contribution in [2.24, 2.45) is 0 Å². The fourth-order valence-corrected chi connectivity index (χ4v) is 1.63. The van der Waals surface area contributed by atoms with E-state index in [0.717, 1.165) is 19.3 Å². The minimum absolute atomic E-state index is 0.177. The van der Waals surface area contributed by atoms with E-state index in [1.807, 2.05) is 0 Å². The van der Waals surface area contributed by atoms with Gasteiger partial charge < -0.3 is 14.6 Å². The average molecular weight is 195 g/mol. The third kappa shape index (κ3) is 1.98. The molecule has 2 rings (SSSR count). The van der Waals surface area contributed by atoms with Crippen LogP contribution in [-0.4, -0.2) is 23.0 Å². The van der Waals surface area contributed by atoms with E-state index in [2.05, 4.69) is 15.5 Å². The van der Waals surface area contributed by atoms with Crippen LogP contribution in [0.4, 0.5) is 0 Å². The highest BCUT2D eigenvalue weighted by atomic mass is 16.5. The van der Waals surface area contributed by atoms with E-state index in [-0.39, 0.29) is 12.5 Å². The molecule has 1 fully saturated rings. The number of aldehydes is 1. The molecule has 0 amide bonds. The molecule has 1 aliphatic heterocycles. The van der Waals surface area contributed by atoms with Crippen LogP contribution in [0, 0.1) is 0 Å². The fourth-order valence-electron chi connectivity index (χ4n) is 1.63. The Morgan fingerprint density at radius 1 is 1.57 bits per heavy atom. The Morgan fingerprint density at radius 3 is 3.21 bits per heavy atom. The van der Waals surface area contributed by atoms with Crippen LogP contribution in [0.1, 0.15) is 37.0 Å². The summed E-state index contributed by atoms with van der Waals surface area (Å²) < 4.78 is 5.07. The third-order valence-electron chi connectivity index (χ3n) is 2.36. The van der Waals surface area contributed by atoms with E-state index >= 15 is 0 Å². The number of aromatic nitrogens is 2. The summed E-state index contributed by atoms with van der Waals surface area (Å²) in [6.45, 7) is 0.996. The topological polar surface area (TPSA) is 68.0 Å². The number of carbonyl (C=O) groups is 1. The van der Waals surface area contributed by atoms with Gasteiger partial charge in [-0.2, -0.15) is 4.98 Å². The normalized spacial score (nSPS) is 22.1. The smallest absolute Gasteiger partial charge is 0.243 e. The van der Waals surface area contributed by atoms with Crippen molar-refractivity contribution >= 4 is 6.29 Å². The molecular formula is C9H13N3O2. The van der Waals surface area contributed by atoms with Gasteiger partial charge in [0.2, 0.25) is 5.89 Å². The van der Waals surface area contributed by atoms with Gasteiger partial charge >= 0.3 is 0 Å². The summed E-state index contributed by atoms with van der Waals surface area (Å²) in [7, 11) is 0. The lowest BCUT2D eigenvalue weighted by atomic mass is 10.1. The Kier molecular flexibility index (Phi) is 2.88. The quantitative estimate of drug-likeness (QED) is 0.716. The van der Waals surface area contributed by atoms with Crippen LogP contribution in [0.3, 0.4) is 0 Å². The summed E-state index contributed by atoms with van der Waals surface area (Å²) in [6, 6.07) is 0.177. The predicted molar refractivity (Wildman–Crippen MR) is 48.7 cm³/mol. The first-order valence-electron chi connectivity index (χ1n) is 4.89. The highest BCUT2D eigenvalue weighted by Crippen LogP contribution is 2.20. The van der Waals surface area contributed by atoms with Gasteiger partial charge in [0.25, 0.3) is 0 Å². The third-order valence-corrected chi connectivity index (χ3v) is 2.36. The molecule has 5 heteroatoms. The second-order valence-corrected chi connectivity index (χ2v) is 3.42. The van der Waals surface area contributed by atoms with Gasteiger partial charge in [-0.05, 0) is 19.4 Å². The van der Waals surface area contributed by atoms with Crippen molar-refractivity contribution in [3.05, 3.63) is 11.7 Å². The van der Waals surface area contributed by atoms with Gasteiger partial charge in [-0.3, -0.25) is 0 Å². The van der Waals surface area contributed by atoms with Crippen LogP contribution < -0.4 is 5.32 Å². The highest BCUT2D eigenvalue weighted by Gasteiger charge is 2.20. The molecule has 76 valence electrons. The largest absolute Gasteiger partial charge is 0.338 e. The summed E-state index contributed by atoms with van der Waals surface area (Å²) in [5.41, 5.74) is 0. The lowest BCUT2D eigenvalue weighted by Crippen LogP contribution is -2.27. The molecule has 1 saturated heterocycles. The lowest BCUT2D eigenvalue weighted by Gasteiger charge is -2.19. The second-order valence-electron chi connectivity index (χ2n) is 3.42. The lowest BCUT2D eigenvalue weighted by molar-refractivity contribution is -0.107. The number of nitrogens with zero attached hydrogens (tertiary/aromatic N) is 2. The number of rotatable bonds is 3. The molecule has 0 spiro atoms. The van der Waals surface area contributed by atoms with Crippen LogP contribution in [-0.2, 0) is 11.2 Å². The van der Waals surface area contributed by atoms with E-state index in [0.29, 0.717) is 11.7 Å². The van der Waals surface area contributed by atoms with Gasteiger partial charge in [-0.25, -0.2) is 0 Å². The summed E-state index contributed by atoms with van der Waals surface area (Å²) in [5, 5.41) is 7.03. The number of hydrogen-bond donors (Lipinski definition) is 1. The van der Waals surface area contributed by atoms with Crippen LogP contribution in [0.15, 0.2) is 4.52 Å². The molecule has 1 unspecified atom stereocenters. The van der Waals surface area contributed by atoms with Gasteiger partial charge in [0, 0.05) is 0 Å². The Hall–Kier alpha value is -1.23. The van der Waals surface area contributed by atoms with Crippen molar-refractivity contribution in [2.75, 3.05) is 6.54 Å². The number of piperidine rings is 1. The van der Waals surface area contributed by atoms with Gasteiger partial charge in [0.15, 0.2) is 5.82 Å². The first kappa shape index (κ1) is 9.33. The Bertz CT molecular complexity index is 305. The minimum atomic E-state index is 0.177. The average Bonchev–Trinajstić information content (AvgIpc) is 2.68. The van der Waals surface area contributed by atoms with E-state index in [1.54, 1.807) is 0 Å². The fraction of sp³-hybridized carbons (Fsp3) is 0.667. The Balaban J connectivity index is 2.03. The van der Waals surface area contributed by atoms with Crippen molar-refractivity contribution in [3.63, 3.8) is 0 Å². The highest BCUT2D eigenvalue weighted by molar-refractivity contribution is 5.52. The molecule has 0 aromatic carbocycles. The molecule has 14 heavy (non-hydrogen) atoms. The molecule has 0 aliphatic carbocycles. The molecule has 0 saturated carbocycles. The van der Waals surface area contributed by atoms with E-state index in [4.69, 9.17) is 4.52 Å². The molecule has 5 nitrogen and oxygen atoms in total. The minimum Gasteiger partial charge on any atom is -0.338 e. The maximum atomic E-state index is 10.2. The molecule has 1 atom stereocenters. The SMILES string of the molecule is O=CCc1noc(C2CCCCN2)n1. The zero-order chi connectivity index (χ0) is 9.80. The molecule has 1 aromatic heterocycles. The van der Waals surface area contributed by atoms with Crippen molar-refractivity contribution < 1.29 is 9.32 Å². The van der Waals surface area contributed by atoms with E-state index in [1.165, 1.54) is 12.8 Å². The second kappa shape index (κ2) is 4.32. The molecular weight excluding hydrogens is 182 g/mol. The van der Waals surface area contributed by atoms with Crippen LogP contribution in [0.5, 0.6) is 0 Å². The molecule has 1 aromatic rings. The van der Waals surface area contributed by atoms with Crippen molar-refractivity contribution in [3.8, 4) is 0 Å². The van der Waals surface area contributed by atoms with Crippen LogP contribution >= 0.6 is 0 Å². The van der Waals surface area contributed by atoms with Crippen LogP contribution in [0.2, 0.25) is 0 Å². The molecule has 1 aliphatic rings. The van der Waals surface area contributed by atoms with Gasteiger partial charge in [0.1, 0.15) is 6.29 Å². The maximum absolute atomic E-state index is 10.2.